The highest BCUT2D eigenvalue weighted by Gasteiger charge is 2.32. The van der Waals surface area contributed by atoms with Gasteiger partial charge in [-0.05, 0) is 24.3 Å². The zero-order valence-electron chi connectivity index (χ0n) is 10.9. The molecule has 0 unspecified atom stereocenters. The minimum Gasteiger partial charge on any atom is -0.399 e. The van der Waals surface area contributed by atoms with Crippen LogP contribution < -0.4 is 9.05 Å². The van der Waals surface area contributed by atoms with Gasteiger partial charge in [0.2, 0.25) is 0 Å². The van der Waals surface area contributed by atoms with Gasteiger partial charge in [-0.15, -0.1) is 9.55 Å². The Bertz CT molecular complexity index is 687. The Morgan fingerprint density at radius 1 is 0.857 bits per heavy atom. The second-order valence-corrected chi connectivity index (χ2v) is 5.81. The first-order valence-corrected chi connectivity index (χ1v) is 7.71. The molecule has 0 radical (unpaired) electrons. The molecule has 3 rings (SSSR count). The Morgan fingerprint density at radius 2 is 1.38 bits per heavy atom. The summed E-state index contributed by atoms with van der Waals surface area (Å²) in [6.07, 6.45) is 2.57. The van der Waals surface area contributed by atoms with Crippen molar-refractivity contribution in [2.45, 2.75) is 0 Å². The molecule has 0 saturated carbocycles. The molecule has 1 aromatic heterocycles. The van der Waals surface area contributed by atoms with Crippen LogP contribution in [0.25, 0.3) is 0 Å². The first-order chi connectivity index (χ1) is 10.3. The van der Waals surface area contributed by atoms with E-state index in [9.17, 15) is 4.57 Å². The van der Waals surface area contributed by atoms with Gasteiger partial charge in [0.05, 0.1) is 0 Å². The molecule has 3 aromatic rings. The van der Waals surface area contributed by atoms with Gasteiger partial charge in [0, 0.05) is 0 Å². The molecule has 0 amide bonds. The molecule has 0 spiro atoms. The maximum absolute atomic E-state index is 13.0. The molecule has 21 heavy (non-hydrogen) atoms. The molecule has 0 atom stereocenters. The van der Waals surface area contributed by atoms with Crippen LogP contribution in [0.2, 0.25) is 0 Å². The van der Waals surface area contributed by atoms with E-state index in [-0.39, 0.29) is 0 Å². The van der Waals surface area contributed by atoms with Crippen LogP contribution in [-0.4, -0.2) is 14.5 Å². The average molecular weight is 301 g/mol. The summed E-state index contributed by atoms with van der Waals surface area (Å²) in [5, 5.41) is 3.87. The predicted molar refractivity (Wildman–Crippen MR) is 77.2 cm³/mol. The molecular formula is C14H12N3O3P. The van der Waals surface area contributed by atoms with Gasteiger partial charge in [0.15, 0.2) is 0 Å². The lowest BCUT2D eigenvalue weighted by molar-refractivity contribution is 0.368. The number of hydrogen-bond donors (Lipinski definition) is 0. The minimum absolute atomic E-state index is 0.423. The fraction of sp³-hybridized carbons (Fsp3) is 0. The van der Waals surface area contributed by atoms with Gasteiger partial charge in [0.1, 0.15) is 24.2 Å². The Balaban J connectivity index is 1.94. The summed E-state index contributed by atoms with van der Waals surface area (Å²) in [6, 6.07) is 17.6. The van der Waals surface area contributed by atoms with E-state index in [0.29, 0.717) is 11.5 Å². The van der Waals surface area contributed by atoms with E-state index in [1.807, 2.05) is 12.1 Å². The van der Waals surface area contributed by atoms with Crippen LogP contribution in [0.5, 0.6) is 11.5 Å². The van der Waals surface area contributed by atoms with Crippen LogP contribution >= 0.6 is 7.75 Å². The monoisotopic (exact) mass is 301 g/mol. The second-order valence-electron chi connectivity index (χ2n) is 4.09. The van der Waals surface area contributed by atoms with Gasteiger partial charge in [-0.3, -0.25) is 0 Å². The van der Waals surface area contributed by atoms with Crippen molar-refractivity contribution in [1.29, 1.82) is 0 Å². The predicted octanol–water partition coefficient (Wildman–Crippen LogP) is 3.39. The quantitative estimate of drug-likeness (QED) is 0.676. The molecule has 0 aliphatic carbocycles. The molecule has 6 nitrogen and oxygen atoms in total. The largest absolute Gasteiger partial charge is 0.565 e. The van der Waals surface area contributed by atoms with Gasteiger partial charge in [0.25, 0.3) is 0 Å². The second kappa shape index (κ2) is 5.81. The molecule has 0 saturated heterocycles. The van der Waals surface area contributed by atoms with Gasteiger partial charge in [-0.25, -0.2) is 9.55 Å². The van der Waals surface area contributed by atoms with Gasteiger partial charge in [-0.1, -0.05) is 36.4 Å². The highest BCUT2D eigenvalue weighted by atomic mass is 31.2. The van der Waals surface area contributed by atoms with Crippen molar-refractivity contribution in [3.63, 3.8) is 0 Å². The summed E-state index contributed by atoms with van der Waals surface area (Å²) < 4.78 is 25.2. The molecular weight excluding hydrogens is 289 g/mol. The van der Waals surface area contributed by atoms with Gasteiger partial charge < -0.3 is 9.05 Å². The van der Waals surface area contributed by atoms with E-state index in [0.717, 1.165) is 4.45 Å². The molecule has 0 N–H and O–H groups in total. The van der Waals surface area contributed by atoms with Crippen LogP contribution in [-0.2, 0) is 4.57 Å². The summed E-state index contributed by atoms with van der Waals surface area (Å²) in [7, 11) is -3.72. The lowest BCUT2D eigenvalue weighted by atomic mass is 10.3. The van der Waals surface area contributed by atoms with E-state index < -0.39 is 7.75 Å². The van der Waals surface area contributed by atoms with Crippen molar-refractivity contribution in [2.24, 2.45) is 0 Å². The molecule has 1 heterocycles. The molecule has 0 bridgehead atoms. The summed E-state index contributed by atoms with van der Waals surface area (Å²) in [5.41, 5.74) is 0. The van der Waals surface area contributed by atoms with Gasteiger partial charge >= 0.3 is 7.75 Å². The Morgan fingerprint density at radius 3 is 1.81 bits per heavy atom. The zero-order chi connectivity index (χ0) is 14.5. The van der Waals surface area contributed by atoms with Crippen LogP contribution in [0.4, 0.5) is 0 Å². The average Bonchev–Trinajstić information content (AvgIpc) is 3.04. The molecule has 2 aromatic carbocycles. The van der Waals surface area contributed by atoms with Crippen molar-refractivity contribution < 1.29 is 13.6 Å². The maximum atomic E-state index is 13.0. The number of nitrogens with zero attached hydrogens (tertiary/aromatic N) is 3. The SMILES string of the molecule is O=P(Oc1ccccc1)(Oc1ccccc1)n1cncn1. The third kappa shape index (κ3) is 3.12. The standard InChI is InChI=1S/C14H12N3O3P/c18-21(17-12-15-11-16-17,19-13-7-3-1-4-8-13)20-14-9-5-2-6-10-14/h1-12H. The van der Waals surface area contributed by atoms with E-state index in [2.05, 4.69) is 10.1 Å². The van der Waals surface area contributed by atoms with Crippen LogP contribution in [0, 0.1) is 0 Å². The fourth-order valence-electron chi connectivity index (χ4n) is 1.66. The summed E-state index contributed by atoms with van der Waals surface area (Å²) in [5.74, 6) is 0.847. The van der Waals surface area contributed by atoms with Crippen molar-refractivity contribution in [3.8, 4) is 11.5 Å². The molecule has 7 heteroatoms. The molecule has 0 aliphatic rings. The molecule has 106 valence electrons. The van der Waals surface area contributed by atoms with Crippen LogP contribution in [0.15, 0.2) is 73.3 Å². The third-order valence-electron chi connectivity index (χ3n) is 2.59. The van der Waals surface area contributed by atoms with E-state index in [4.69, 9.17) is 9.05 Å². The number of aromatic nitrogens is 3. The summed E-state index contributed by atoms with van der Waals surface area (Å²) in [4.78, 5) is 3.79. The first-order valence-electron chi connectivity index (χ1n) is 6.21. The van der Waals surface area contributed by atoms with Crippen LogP contribution in [0.3, 0.4) is 0 Å². The minimum atomic E-state index is -3.72. The highest BCUT2D eigenvalue weighted by Crippen LogP contribution is 2.48. The van der Waals surface area contributed by atoms with E-state index in [1.54, 1.807) is 48.5 Å². The Labute approximate surface area is 121 Å². The summed E-state index contributed by atoms with van der Waals surface area (Å²) >= 11 is 0. The fourth-order valence-corrected chi connectivity index (χ4v) is 3.00. The molecule has 0 fully saturated rings. The number of hydrogen-bond acceptors (Lipinski definition) is 5. The number of rotatable bonds is 5. The maximum Gasteiger partial charge on any atom is 0.565 e. The zero-order valence-corrected chi connectivity index (χ0v) is 11.8. The van der Waals surface area contributed by atoms with Crippen molar-refractivity contribution in [2.75, 3.05) is 0 Å². The van der Waals surface area contributed by atoms with Crippen molar-refractivity contribution >= 4 is 7.75 Å². The lowest BCUT2D eigenvalue weighted by Gasteiger charge is -2.18. The number of benzene rings is 2. The smallest absolute Gasteiger partial charge is 0.399 e. The first kappa shape index (κ1) is 13.4. The van der Waals surface area contributed by atoms with E-state index in [1.165, 1.54) is 12.7 Å². The van der Waals surface area contributed by atoms with Crippen molar-refractivity contribution in [1.82, 2.24) is 14.5 Å². The topological polar surface area (TPSA) is 66.2 Å². The Hall–Kier alpha value is -2.59. The van der Waals surface area contributed by atoms with E-state index >= 15 is 0 Å². The lowest BCUT2D eigenvalue weighted by Crippen LogP contribution is -2.10. The highest BCUT2D eigenvalue weighted by molar-refractivity contribution is 7.52. The summed E-state index contributed by atoms with van der Waals surface area (Å²) in [6.45, 7) is 0. The van der Waals surface area contributed by atoms with Gasteiger partial charge in [-0.2, -0.15) is 0 Å². The van der Waals surface area contributed by atoms with Crippen molar-refractivity contribution in [3.05, 3.63) is 73.3 Å². The number of para-hydroxylation sites is 2. The third-order valence-corrected chi connectivity index (χ3v) is 4.18. The Kier molecular flexibility index (Phi) is 3.71. The normalized spacial score (nSPS) is 11.0. The molecule has 0 aliphatic heterocycles. The van der Waals surface area contributed by atoms with Crippen LogP contribution in [0.1, 0.15) is 0 Å².